The summed E-state index contributed by atoms with van der Waals surface area (Å²) in [6.07, 6.45) is 21.6. The van der Waals surface area contributed by atoms with Gasteiger partial charge >= 0.3 is 0 Å². The number of hydrogen-bond acceptors (Lipinski definition) is 0. The van der Waals surface area contributed by atoms with Gasteiger partial charge in [-0.15, -0.1) is 0 Å². The summed E-state index contributed by atoms with van der Waals surface area (Å²) in [6.45, 7) is 0. The molecule has 0 N–H and O–H groups in total. The first-order valence-electron chi connectivity index (χ1n) is 34.1. The van der Waals surface area contributed by atoms with Gasteiger partial charge in [0.1, 0.15) is 0 Å². The van der Waals surface area contributed by atoms with Crippen LogP contribution in [0.3, 0.4) is 0 Å². The Morgan fingerprint density at radius 2 is 0.200 bits per heavy atom. The second kappa shape index (κ2) is 36.9. The summed E-state index contributed by atoms with van der Waals surface area (Å²) in [7, 11) is 104. The van der Waals surface area contributed by atoms with Crippen LogP contribution in [0, 0.1) is 0 Å². The minimum absolute atomic E-state index is 0.550. The summed E-state index contributed by atoms with van der Waals surface area (Å²) < 4.78 is 0. The van der Waals surface area contributed by atoms with Crippen LogP contribution in [0.15, 0.2) is 0 Å². The van der Waals surface area contributed by atoms with Crippen molar-refractivity contribution < 1.29 is 0 Å². The van der Waals surface area contributed by atoms with Gasteiger partial charge < -0.3 is 0 Å². The normalized spacial score (nSPS) is 9.76. The Kier molecular flexibility index (Phi) is 39.3. The third-order valence-electron chi connectivity index (χ3n) is 22.3. The van der Waals surface area contributed by atoms with Crippen molar-refractivity contribution in [1.82, 2.24) is 0 Å². The fourth-order valence-corrected chi connectivity index (χ4v) is 21.6. The predicted molar refractivity (Wildman–Crippen MR) is 539 cm³/mol. The Bertz CT molecular complexity index is 1240. The molecule has 75 heteroatoms. The van der Waals surface area contributed by atoms with Gasteiger partial charge in [-0.1, -0.05) is 0 Å². The molecule has 0 aromatic carbocycles. The summed E-state index contributed by atoms with van der Waals surface area (Å²) in [6, 6.07) is 0. The van der Waals surface area contributed by atoms with Crippen molar-refractivity contribution in [2.75, 3.05) is 0 Å². The molecule has 0 aromatic heterocycles. The Labute approximate surface area is 525 Å². The molecule has 0 radical (unpaired) electrons. The van der Waals surface area contributed by atoms with Crippen LogP contribution in [0.4, 0.5) is 0 Å². The van der Waals surface area contributed by atoms with E-state index in [0.717, 1.165) is 0 Å². The number of hydrogen-bond donors (Lipinski definition) is 0. The lowest BCUT2D eigenvalue weighted by atomic mass is 8.21. The van der Waals surface area contributed by atoms with Gasteiger partial charge in [-0.25, -0.2) is 0 Å². The molecule has 0 aliphatic rings. The van der Waals surface area contributed by atoms with Crippen LogP contribution in [0.25, 0.3) is 0 Å². The smallest absolute Gasteiger partial charge is 0.00000438 e. The van der Waals surface area contributed by atoms with E-state index in [2.05, 4.69) is 294 Å². The van der Waals surface area contributed by atoms with E-state index >= 15 is 0 Å². The van der Waals surface area contributed by atoms with Gasteiger partial charge in [-0.3, -0.25) is 0 Å². The zero-order chi connectivity index (χ0) is 59.5. The van der Waals surface area contributed by atoms with E-state index in [-0.39, 0.29) is 0 Å². The van der Waals surface area contributed by atoms with E-state index in [0.29, 0.717) is 230 Å². The first-order valence-corrected chi connectivity index (χ1v) is 34.1. The molecule has 75 heavy (non-hydrogen) atoms. The van der Waals surface area contributed by atoms with E-state index < -0.39 is 0 Å². The maximum atomic E-state index is 2.82. The van der Waals surface area contributed by atoms with E-state index in [1.807, 2.05) is 0 Å². The average Bonchev–Trinajstić information content (AvgIpc) is 3.19. The molecule has 0 rings (SSSR count). The standard InChI is InChI=1S/B75H77/c1-39-58(38)68(59(40(2)3)41(4)5)73(69(60(42(6)7)43(8)9)61(44(10)11)45(12)13)75(72(66(54(30)31)55(32)33)67(56(34)35)57(36)37)74(70(62(46(14)15)47(16)17)63(48(18)19)49(20)21)71(64(50(22)23)51(24)25)65(52(26)27)53(28)29/h39H,1-38H2. The summed E-state index contributed by atoms with van der Waals surface area (Å²) in [5, 5.41) is 0. The van der Waals surface area contributed by atoms with Gasteiger partial charge in [-0.2, -0.15) is 0 Å². The molecule has 0 unspecified atom stereocenters. The second-order valence-electron chi connectivity index (χ2n) is 33.6. The Hall–Kier alpha value is 4.87. The van der Waals surface area contributed by atoms with Crippen molar-refractivity contribution in [3.05, 3.63) is 0 Å². The topological polar surface area (TPSA) is 0 Å². The highest BCUT2D eigenvalue weighted by molar-refractivity contribution is 8.40. The SMILES string of the molecule is BBB(B)B(B(B(B)B)B(B)B)B(B(B(B(B)B)B(B)B)B(B(B)B)B(B)B)B(B(B(B(B)B)B(B)B)B(B(B)B)B(B)B)B(B(B(B(B)B)B(B)B)B(B(B)B)B(B)B)B(B(B(B)B)B(B)B)B(B(B)B)B(B)B. The first kappa shape index (κ1) is 79.9. The van der Waals surface area contributed by atoms with Crippen molar-refractivity contribution in [2.45, 2.75) is 0 Å². The molecule has 0 bridgehead atoms. The van der Waals surface area contributed by atoms with Gasteiger partial charge in [0.05, 0.1) is 294 Å². The molecule has 0 fully saturated rings. The second-order valence-corrected chi connectivity index (χ2v) is 33.6. The van der Waals surface area contributed by atoms with Crippen LogP contribution in [0.2, 0.25) is 0 Å². The highest BCUT2D eigenvalue weighted by Crippen LogP contribution is 2.27. The summed E-state index contributed by atoms with van der Waals surface area (Å²) in [4.78, 5) is 0. The van der Waals surface area contributed by atoms with Crippen molar-refractivity contribution in [2.24, 2.45) is 0 Å². The molecule has 0 saturated carbocycles. The maximum Gasteiger partial charge on any atom is 0.0594 e. The lowest BCUT2D eigenvalue weighted by molar-refractivity contribution is 3.15. The third-order valence-corrected chi connectivity index (χ3v) is 22.3. The van der Waals surface area contributed by atoms with E-state index in [9.17, 15) is 0 Å². The van der Waals surface area contributed by atoms with Gasteiger partial charge in [0, 0.05) is 237 Å². The van der Waals surface area contributed by atoms with Crippen LogP contribution in [0.5, 0.6) is 0 Å². The molecule has 0 saturated heterocycles. The highest BCUT2D eigenvalue weighted by atomic mass is 13.5. The quantitative estimate of drug-likeness (QED) is 0.0550. The van der Waals surface area contributed by atoms with Crippen LogP contribution in [0.1, 0.15) is 0 Å². The lowest BCUT2D eigenvalue weighted by Crippen LogP contribution is -2.99. The molecule has 0 heterocycles. The Morgan fingerprint density at radius 1 is 0.120 bits per heavy atom. The third kappa shape index (κ3) is 21.6. The molecular weight excluding hydrogens is 811 g/mol. The molecule has 302 valence electrons. The average molecular weight is 889 g/mol. The monoisotopic (exact) mass is 903 g/mol. The first-order chi connectivity index (χ1) is 34.1. The largest absolute Gasteiger partial charge is 0.0594 e. The zero-order valence-corrected chi connectivity index (χ0v) is 59.5. The van der Waals surface area contributed by atoms with Crippen LogP contribution in [-0.4, -0.2) is 531 Å². The van der Waals surface area contributed by atoms with Crippen molar-refractivity contribution in [1.29, 1.82) is 0 Å². The summed E-state index contributed by atoms with van der Waals surface area (Å²) in [5.41, 5.74) is 0. The molecular formula is H77B75. The molecule has 0 aromatic rings. The van der Waals surface area contributed by atoms with Gasteiger partial charge in [0.25, 0.3) is 0 Å². The summed E-state index contributed by atoms with van der Waals surface area (Å²) in [5.74, 6) is 0. The zero-order valence-electron chi connectivity index (χ0n) is 59.5. The van der Waals surface area contributed by atoms with E-state index in [1.54, 1.807) is 0 Å². The fraction of sp³-hybridized carbons (Fsp3) is 0. The Morgan fingerprint density at radius 3 is 0.293 bits per heavy atom. The van der Waals surface area contributed by atoms with Gasteiger partial charge in [-0.05, 0) is 0 Å². The minimum Gasteiger partial charge on any atom is 0.00000438 e. The lowest BCUT2D eigenvalue weighted by Gasteiger charge is -2.60. The maximum absolute atomic E-state index is 2.82. The molecule has 0 aliphatic heterocycles. The van der Waals surface area contributed by atoms with Crippen LogP contribution >= 0.6 is 0 Å². The molecule has 0 atom stereocenters. The van der Waals surface area contributed by atoms with Gasteiger partial charge in [0.2, 0.25) is 0 Å². The van der Waals surface area contributed by atoms with E-state index in [1.165, 1.54) is 7.06 Å². The molecule has 0 amide bonds. The molecule has 0 nitrogen and oxygen atoms in total. The van der Waals surface area contributed by atoms with Crippen LogP contribution < -0.4 is 0 Å². The van der Waals surface area contributed by atoms with E-state index in [4.69, 9.17) is 0 Å². The van der Waals surface area contributed by atoms with Crippen molar-refractivity contribution in [3.8, 4) is 0 Å². The minimum atomic E-state index is 0.550. The van der Waals surface area contributed by atoms with Crippen molar-refractivity contribution >= 4 is 531 Å². The fourth-order valence-electron chi connectivity index (χ4n) is 21.6. The van der Waals surface area contributed by atoms with Crippen molar-refractivity contribution in [3.63, 3.8) is 0 Å². The van der Waals surface area contributed by atoms with Gasteiger partial charge in [0.15, 0.2) is 0 Å². The van der Waals surface area contributed by atoms with Crippen LogP contribution in [-0.2, 0) is 0 Å². The molecule has 0 aliphatic carbocycles. The number of rotatable bonds is 36. The Balaban J connectivity index is 12.2. The highest BCUT2D eigenvalue weighted by Gasteiger charge is 2.66. The predicted octanol–water partition coefficient (Wildman–Crippen LogP) is -49.2. The summed E-state index contributed by atoms with van der Waals surface area (Å²) >= 11 is 0. The molecule has 0 spiro atoms.